The largest absolute Gasteiger partial charge is 0.389 e. The molecule has 0 spiro atoms. The number of hydrogen-bond acceptors (Lipinski definition) is 3. The molecule has 0 saturated carbocycles. The van der Waals surface area contributed by atoms with Gasteiger partial charge < -0.3 is 15.7 Å². The number of amides is 1. The summed E-state index contributed by atoms with van der Waals surface area (Å²) in [7, 11) is 1.65. The molecule has 0 aliphatic carbocycles. The van der Waals surface area contributed by atoms with Gasteiger partial charge in [0, 0.05) is 24.7 Å². The lowest BCUT2D eigenvalue weighted by molar-refractivity contribution is 0.0368. The van der Waals surface area contributed by atoms with Crippen molar-refractivity contribution in [2.45, 2.75) is 19.4 Å². The molecule has 0 radical (unpaired) electrons. The van der Waals surface area contributed by atoms with E-state index < -0.39 is 5.60 Å². The molecule has 1 rings (SSSR count). The average molecular weight is 266 g/mol. The van der Waals surface area contributed by atoms with Gasteiger partial charge in [0.1, 0.15) is 4.99 Å². The summed E-state index contributed by atoms with van der Waals surface area (Å²) in [5.74, 6) is -0.147. The van der Waals surface area contributed by atoms with E-state index in [1.165, 1.54) is 4.90 Å². The first-order valence-electron chi connectivity index (χ1n) is 5.58. The summed E-state index contributed by atoms with van der Waals surface area (Å²) in [5, 5.41) is 9.67. The van der Waals surface area contributed by atoms with Gasteiger partial charge in [0.05, 0.1) is 5.60 Å². The number of nitrogens with two attached hydrogens (primary N) is 1. The smallest absolute Gasteiger partial charge is 0.253 e. The second kappa shape index (κ2) is 5.46. The van der Waals surface area contributed by atoms with Gasteiger partial charge in [-0.1, -0.05) is 24.4 Å². The number of nitrogens with zero attached hydrogens (tertiary/aromatic N) is 1. The molecule has 0 aliphatic heterocycles. The van der Waals surface area contributed by atoms with E-state index in [0.717, 1.165) is 5.56 Å². The Labute approximate surface area is 112 Å². The molecule has 3 N–H and O–H groups in total. The normalized spacial score (nSPS) is 11.1. The van der Waals surface area contributed by atoms with Crippen molar-refractivity contribution in [3.05, 3.63) is 35.4 Å². The van der Waals surface area contributed by atoms with E-state index in [9.17, 15) is 9.90 Å². The molecule has 4 nitrogen and oxygen atoms in total. The van der Waals surface area contributed by atoms with E-state index in [0.29, 0.717) is 10.6 Å². The van der Waals surface area contributed by atoms with Crippen molar-refractivity contribution in [2.75, 3.05) is 13.6 Å². The van der Waals surface area contributed by atoms with Crippen LogP contribution < -0.4 is 5.73 Å². The van der Waals surface area contributed by atoms with Gasteiger partial charge in [-0.25, -0.2) is 0 Å². The number of carbonyl (C=O) groups is 1. The van der Waals surface area contributed by atoms with Crippen LogP contribution in [0.1, 0.15) is 29.8 Å². The number of thiocarbonyl (C=S) groups is 1. The molecule has 0 saturated heterocycles. The van der Waals surface area contributed by atoms with Gasteiger partial charge in [0.2, 0.25) is 0 Å². The maximum atomic E-state index is 12.1. The molecular weight excluding hydrogens is 248 g/mol. The van der Waals surface area contributed by atoms with Crippen molar-refractivity contribution in [1.29, 1.82) is 0 Å². The van der Waals surface area contributed by atoms with Crippen LogP contribution in [0.4, 0.5) is 0 Å². The molecule has 0 aliphatic rings. The van der Waals surface area contributed by atoms with Gasteiger partial charge >= 0.3 is 0 Å². The fourth-order valence-electron chi connectivity index (χ4n) is 1.65. The maximum absolute atomic E-state index is 12.1. The highest BCUT2D eigenvalue weighted by Gasteiger charge is 2.20. The third-order valence-electron chi connectivity index (χ3n) is 2.39. The quantitative estimate of drug-likeness (QED) is 0.803. The highest BCUT2D eigenvalue weighted by Crippen LogP contribution is 2.10. The molecule has 5 heteroatoms. The van der Waals surface area contributed by atoms with Crippen molar-refractivity contribution in [2.24, 2.45) is 5.73 Å². The third kappa shape index (κ3) is 4.09. The first kappa shape index (κ1) is 14.6. The van der Waals surface area contributed by atoms with Crippen LogP contribution in [0.25, 0.3) is 0 Å². The van der Waals surface area contributed by atoms with E-state index >= 15 is 0 Å². The molecule has 0 atom stereocenters. The third-order valence-corrected chi connectivity index (χ3v) is 2.62. The standard InChI is InChI=1S/C13H18N2O2S/c1-13(2,17)8-15(3)12(16)10-6-4-9(5-7-10)11(14)18/h4-7,17H,8H2,1-3H3,(H2,14,18). The summed E-state index contributed by atoms with van der Waals surface area (Å²) in [6.07, 6.45) is 0. The summed E-state index contributed by atoms with van der Waals surface area (Å²) in [6.45, 7) is 3.59. The maximum Gasteiger partial charge on any atom is 0.253 e. The Morgan fingerprint density at radius 3 is 2.17 bits per heavy atom. The second-order valence-corrected chi connectivity index (χ2v) is 5.36. The molecule has 1 aromatic rings. The van der Waals surface area contributed by atoms with Crippen LogP contribution in [-0.4, -0.2) is 40.1 Å². The summed E-state index contributed by atoms with van der Waals surface area (Å²) < 4.78 is 0. The van der Waals surface area contributed by atoms with Crippen molar-refractivity contribution in [3.8, 4) is 0 Å². The summed E-state index contributed by atoms with van der Waals surface area (Å²) in [6, 6.07) is 6.79. The van der Waals surface area contributed by atoms with Gasteiger partial charge in [-0.15, -0.1) is 0 Å². The van der Waals surface area contributed by atoms with Crippen LogP contribution in [0.2, 0.25) is 0 Å². The summed E-state index contributed by atoms with van der Waals surface area (Å²) in [4.78, 5) is 13.8. The number of benzene rings is 1. The number of hydrogen-bond donors (Lipinski definition) is 2. The first-order chi connectivity index (χ1) is 8.20. The molecule has 1 aromatic carbocycles. The van der Waals surface area contributed by atoms with E-state index in [1.54, 1.807) is 45.2 Å². The lowest BCUT2D eigenvalue weighted by Gasteiger charge is -2.25. The minimum atomic E-state index is -0.914. The molecule has 0 aromatic heterocycles. The van der Waals surface area contributed by atoms with Crippen LogP contribution in [0, 0.1) is 0 Å². The molecule has 1 amide bonds. The average Bonchev–Trinajstić information content (AvgIpc) is 2.26. The van der Waals surface area contributed by atoms with Crippen LogP contribution in [0.3, 0.4) is 0 Å². The lowest BCUT2D eigenvalue weighted by atomic mass is 10.1. The van der Waals surface area contributed by atoms with Crippen molar-refractivity contribution < 1.29 is 9.90 Å². The molecule has 0 unspecified atom stereocenters. The molecular formula is C13H18N2O2S. The SMILES string of the molecule is CN(CC(C)(C)O)C(=O)c1ccc(C(N)=S)cc1. The fourth-order valence-corrected chi connectivity index (χ4v) is 1.79. The predicted octanol–water partition coefficient (Wildman–Crippen LogP) is 1.16. The highest BCUT2D eigenvalue weighted by atomic mass is 32.1. The molecule has 0 heterocycles. The fraction of sp³-hybridized carbons (Fsp3) is 0.385. The summed E-state index contributed by atoms with van der Waals surface area (Å²) >= 11 is 4.84. The molecule has 0 fully saturated rings. The van der Waals surface area contributed by atoms with E-state index in [4.69, 9.17) is 18.0 Å². The second-order valence-electron chi connectivity index (χ2n) is 4.92. The minimum absolute atomic E-state index is 0.147. The van der Waals surface area contributed by atoms with E-state index in [2.05, 4.69) is 0 Å². The van der Waals surface area contributed by atoms with Gasteiger partial charge in [0.15, 0.2) is 0 Å². The van der Waals surface area contributed by atoms with E-state index in [1.807, 2.05) is 0 Å². The number of rotatable bonds is 4. The van der Waals surface area contributed by atoms with Crippen LogP contribution in [-0.2, 0) is 0 Å². The topological polar surface area (TPSA) is 66.6 Å². The predicted molar refractivity (Wildman–Crippen MR) is 75.6 cm³/mol. The Morgan fingerprint density at radius 1 is 1.33 bits per heavy atom. The van der Waals surface area contributed by atoms with Gasteiger partial charge in [-0.05, 0) is 26.0 Å². The Balaban J connectivity index is 2.81. The number of carbonyl (C=O) groups excluding carboxylic acids is 1. The van der Waals surface area contributed by atoms with Crippen molar-refractivity contribution in [3.63, 3.8) is 0 Å². The first-order valence-corrected chi connectivity index (χ1v) is 5.99. The van der Waals surface area contributed by atoms with Crippen LogP contribution in [0.15, 0.2) is 24.3 Å². The van der Waals surface area contributed by atoms with Gasteiger partial charge in [0.25, 0.3) is 5.91 Å². The zero-order valence-corrected chi connectivity index (χ0v) is 11.6. The highest BCUT2D eigenvalue weighted by molar-refractivity contribution is 7.80. The Hall–Kier alpha value is -1.46. The zero-order chi connectivity index (χ0) is 13.9. The minimum Gasteiger partial charge on any atom is -0.389 e. The Morgan fingerprint density at radius 2 is 1.78 bits per heavy atom. The van der Waals surface area contributed by atoms with Crippen LogP contribution in [0.5, 0.6) is 0 Å². The lowest BCUT2D eigenvalue weighted by Crippen LogP contribution is -2.39. The Kier molecular flexibility index (Phi) is 4.43. The Bertz CT molecular complexity index is 449. The van der Waals surface area contributed by atoms with Crippen LogP contribution >= 0.6 is 12.2 Å². The molecule has 18 heavy (non-hydrogen) atoms. The number of aliphatic hydroxyl groups is 1. The van der Waals surface area contributed by atoms with E-state index in [-0.39, 0.29) is 12.5 Å². The number of likely N-dealkylation sites (N-methyl/N-ethyl adjacent to an activating group) is 1. The van der Waals surface area contributed by atoms with Gasteiger partial charge in [-0.3, -0.25) is 4.79 Å². The van der Waals surface area contributed by atoms with Crippen molar-refractivity contribution in [1.82, 2.24) is 4.90 Å². The summed E-state index contributed by atoms with van der Waals surface area (Å²) in [5.41, 5.74) is 5.84. The van der Waals surface area contributed by atoms with Gasteiger partial charge in [-0.2, -0.15) is 0 Å². The van der Waals surface area contributed by atoms with Crippen molar-refractivity contribution >= 4 is 23.1 Å². The molecule has 98 valence electrons. The monoisotopic (exact) mass is 266 g/mol. The zero-order valence-electron chi connectivity index (χ0n) is 10.8. The molecule has 0 bridgehead atoms.